The normalized spacial score (nSPS) is 11.0. The lowest BCUT2D eigenvalue weighted by molar-refractivity contribution is 0.487. The number of aromatic amines is 1. The highest BCUT2D eigenvalue weighted by molar-refractivity contribution is 6.08. The van der Waals surface area contributed by atoms with Crippen LogP contribution in [0.15, 0.2) is 67.0 Å². The van der Waals surface area contributed by atoms with Crippen LogP contribution in [0.1, 0.15) is 0 Å². The SMILES string of the molecule is c1ccc(Oc2cccc3c2[nH]c2ccncc23)cc1. The average molecular weight is 260 g/mol. The van der Waals surface area contributed by atoms with Gasteiger partial charge in [-0.3, -0.25) is 4.98 Å². The van der Waals surface area contributed by atoms with Crippen LogP contribution < -0.4 is 4.74 Å². The first-order valence-electron chi connectivity index (χ1n) is 6.49. The Morgan fingerprint density at radius 1 is 0.850 bits per heavy atom. The van der Waals surface area contributed by atoms with Crippen molar-refractivity contribution in [1.82, 2.24) is 9.97 Å². The topological polar surface area (TPSA) is 37.9 Å². The van der Waals surface area contributed by atoms with E-state index in [0.717, 1.165) is 33.3 Å². The number of rotatable bonds is 2. The molecule has 0 aliphatic rings. The van der Waals surface area contributed by atoms with Crippen molar-refractivity contribution >= 4 is 21.8 Å². The Morgan fingerprint density at radius 2 is 1.75 bits per heavy atom. The summed E-state index contributed by atoms with van der Waals surface area (Å²) in [5.74, 6) is 1.65. The molecule has 0 amide bonds. The monoisotopic (exact) mass is 260 g/mol. The number of aromatic nitrogens is 2. The third-order valence-electron chi connectivity index (χ3n) is 3.37. The van der Waals surface area contributed by atoms with Crippen LogP contribution >= 0.6 is 0 Å². The van der Waals surface area contributed by atoms with Gasteiger partial charge in [-0.15, -0.1) is 0 Å². The van der Waals surface area contributed by atoms with Gasteiger partial charge in [0.1, 0.15) is 5.75 Å². The minimum absolute atomic E-state index is 0.824. The minimum atomic E-state index is 0.824. The number of hydrogen-bond acceptors (Lipinski definition) is 2. The second kappa shape index (κ2) is 4.38. The molecule has 2 aromatic heterocycles. The lowest BCUT2D eigenvalue weighted by Gasteiger charge is -2.06. The predicted octanol–water partition coefficient (Wildman–Crippen LogP) is 4.51. The quantitative estimate of drug-likeness (QED) is 0.576. The van der Waals surface area contributed by atoms with Crippen LogP contribution in [0.5, 0.6) is 11.5 Å². The Hall–Kier alpha value is -2.81. The van der Waals surface area contributed by atoms with Crippen molar-refractivity contribution in [3.63, 3.8) is 0 Å². The molecule has 1 N–H and O–H groups in total. The van der Waals surface area contributed by atoms with Crippen LogP contribution in [0, 0.1) is 0 Å². The Bertz CT molecular complexity index is 881. The molecule has 0 aliphatic carbocycles. The molecule has 0 fully saturated rings. The number of pyridine rings is 1. The van der Waals surface area contributed by atoms with E-state index in [2.05, 4.69) is 16.0 Å². The number of ether oxygens (including phenoxy) is 1. The summed E-state index contributed by atoms with van der Waals surface area (Å²) in [6, 6.07) is 17.8. The Kier molecular flexibility index (Phi) is 2.42. The molecule has 4 aromatic rings. The fraction of sp³-hybridized carbons (Fsp3) is 0. The number of para-hydroxylation sites is 2. The summed E-state index contributed by atoms with van der Waals surface area (Å²) >= 11 is 0. The third-order valence-corrected chi connectivity index (χ3v) is 3.37. The highest BCUT2D eigenvalue weighted by Crippen LogP contribution is 2.33. The zero-order chi connectivity index (χ0) is 13.4. The summed E-state index contributed by atoms with van der Waals surface area (Å²) in [4.78, 5) is 7.59. The van der Waals surface area contributed by atoms with Crippen molar-refractivity contribution in [3.8, 4) is 11.5 Å². The van der Waals surface area contributed by atoms with Crippen LogP contribution in [0.25, 0.3) is 21.8 Å². The highest BCUT2D eigenvalue weighted by Gasteiger charge is 2.09. The maximum absolute atomic E-state index is 5.97. The van der Waals surface area contributed by atoms with Crippen LogP contribution in [0.2, 0.25) is 0 Å². The molecule has 2 aromatic carbocycles. The molecule has 0 radical (unpaired) electrons. The van der Waals surface area contributed by atoms with Gasteiger partial charge in [0.2, 0.25) is 0 Å². The van der Waals surface area contributed by atoms with Gasteiger partial charge in [-0.25, -0.2) is 0 Å². The van der Waals surface area contributed by atoms with Gasteiger partial charge in [0.15, 0.2) is 5.75 Å². The molecule has 0 saturated carbocycles. The van der Waals surface area contributed by atoms with Crippen molar-refractivity contribution in [2.75, 3.05) is 0 Å². The summed E-state index contributed by atoms with van der Waals surface area (Å²) in [5, 5.41) is 2.24. The van der Waals surface area contributed by atoms with Gasteiger partial charge in [0.05, 0.1) is 5.52 Å². The van der Waals surface area contributed by atoms with Crippen molar-refractivity contribution in [2.45, 2.75) is 0 Å². The molecule has 0 spiro atoms. The Balaban J connectivity index is 1.91. The number of nitrogens with zero attached hydrogens (tertiary/aromatic N) is 1. The zero-order valence-electron chi connectivity index (χ0n) is 10.7. The molecule has 0 atom stereocenters. The number of H-pyrrole nitrogens is 1. The van der Waals surface area contributed by atoms with E-state index in [1.165, 1.54) is 0 Å². The van der Waals surface area contributed by atoms with Crippen molar-refractivity contribution in [3.05, 3.63) is 67.0 Å². The minimum Gasteiger partial charge on any atom is -0.455 e. The maximum atomic E-state index is 5.97. The van der Waals surface area contributed by atoms with Crippen molar-refractivity contribution in [1.29, 1.82) is 0 Å². The molecule has 0 aliphatic heterocycles. The molecule has 3 heteroatoms. The molecule has 20 heavy (non-hydrogen) atoms. The van der Waals surface area contributed by atoms with Crippen LogP contribution in [-0.4, -0.2) is 9.97 Å². The van der Waals surface area contributed by atoms with E-state index in [1.54, 1.807) is 6.20 Å². The molecular formula is C17H12N2O. The van der Waals surface area contributed by atoms with Crippen LogP contribution in [0.4, 0.5) is 0 Å². The second-order valence-electron chi connectivity index (χ2n) is 4.64. The average Bonchev–Trinajstić information content (AvgIpc) is 2.88. The van der Waals surface area contributed by atoms with Crippen molar-refractivity contribution < 1.29 is 4.74 Å². The van der Waals surface area contributed by atoms with E-state index in [0.29, 0.717) is 0 Å². The summed E-state index contributed by atoms with van der Waals surface area (Å²) in [6.45, 7) is 0. The van der Waals surface area contributed by atoms with Gasteiger partial charge < -0.3 is 9.72 Å². The largest absolute Gasteiger partial charge is 0.455 e. The lowest BCUT2D eigenvalue weighted by Crippen LogP contribution is -1.84. The zero-order valence-corrected chi connectivity index (χ0v) is 10.7. The fourth-order valence-electron chi connectivity index (χ4n) is 2.44. The van der Waals surface area contributed by atoms with Gasteiger partial charge in [0, 0.05) is 28.7 Å². The first-order chi connectivity index (χ1) is 9.92. The standard InChI is InChI=1S/C17H12N2O/c1-2-5-12(6-3-1)20-16-8-4-7-13-14-11-18-10-9-15(14)19-17(13)16/h1-11,19H. The van der Waals surface area contributed by atoms with E-state index in [1.807, 2.05) is 54.7 Å². The molecule has 0 saturated heterocycles. The van der Waals surface area contributed by atoms with Gasteiger partial charge in [-0.1, -0.05) is 30.3 Å². The van der Waals surface area contributed by atoms with E-state index in [-0.39, 0.29) is 0 Å². The van der Waals surface area contributed by atoms with E-state index < -0.39 is 0 Å². The first-order valence-corrected chi connectivity index (χ1v) is 6.49. The van der Waals surface area contributed by atoms with Gasteiger partial charge in [0.25, 0.3) is 0 Å². The molecule has 0 unspecified atom stereocenters. The van der Waals surface area contributed by atoms with Gasteiger partial charge in [-0.05, 0) is 24.3 Å². The molecule has 2 heterocycles. The Morgan fingerprint density at radius 3 is 2.65 bits per heavy atom. The summed E-state index contributed by atoms with van der Waals surface area (Å²) in [7, 11) is 0. The number of benzene rings is 2. The lowest BCUT2D eigenvalue weighted by atomic mass is 10.2. The number of fused-ring (bicyclic) bond motifs is 3. The second-order valence-corrected chi connectivity index (χ2v) is 4.64. The van der Waals surface area contributed by atoms with E-state index >= 15 is 0 Å². The van der Waals surface area contributed by atoms with Crippen molar-refractivity contribution in [2.24, 2.45) is 0 Å². The van der Waals surface area contributed by atoms with E-state index in [9.17, 15) is 0 Å². The summed E-state index contributed by atoms with van der Waals surface area (Å²) in [5.41, 5.74) is 2.07. The summed E-state index contributed by atoms with van der Waals surface area (Å²) < 4.78 is 5.97. The third kappa shape index (κ3) is 1.72. The number of hydrogen-bond donors (Lipinski definition) is 1. The molecule has 3 nitrogen and oxygen atoms in total. The van der Waals surface area contributed by atoms with E-state index in [4.69, 9.17) is 4.74 Å². The molecule has 0 bridgehead atoms. The van der Waals surface area contributed by atoms with Crippen LogP contribution in [-0.2, 0) is 0 Å². The number of nitrogens with one attached hydrogen (secondary N) is 1. The smallest absolute Gasteiger partial charge is 0.151 e. The van der Waals surface area contributed by atoms with Gasteiger partial charge in [-0.2, -0.15) is 0 Å². The maximum Gasteiger partial charge on any atom is 0.151 e. The highest BCUT2D eigenvalue weighted by atomic mass is 16.5. The Labute approximate surface area is 115 Å². The molecule has 4 rings (SSSR count). The molecular weight excluding hydrogens is 248 g/mol. The summed E-state index contributed by atoms with van der Waals surface area (Å²) in [6.07, 6.45) is 3.66. The van der Waals surface area contributed by atoms with Crippen LogP contribution in [0.3, 0.4) is 0 Å². The van der Waals surface area contributed by atoms with Gasteiger partial charge >= 0.3 is 0 Å². The predicted molar refractivity (Wildman–Crippen MR) is 80.1 cm³/mol. The molecule has 96 valence electrons. The fourth-order valence-corrected chi connectivity index (χ4v) is 2.44. The first kappa shape index (κ1) is 11.1.